The molecular formula is C21H21F2NO3. The normalized spacial score (nSPS) is 15.1. The van der Waals surface area contributed by atoms with E-state index in [1.54, 1.807) is 24.2 Å². The lowest BCUT2D eigenvalue weighted by Gasteiger charge is -2.31. The van der Waals surface area contributed by atoms with Crippen molar-refractivity contribution in [2.45, 2.75) is 18.9 Å². The molecule has 1 aliphatic rings. The van der Waals surface area contributed by atoms with E-state index >= 15 is 0 Å². The van der Waals surface area contributed by atoms with Crippen LogP contribution in [0, 0.1) is 11.6 Å². The Morgan fingerprint density at radius 3 is 2.56 bits per heavy atom. The molecule has 142 valence electrons. The smallest absolute Gasteiger partial charge is 0.246 e. The van der Waals surface area contributed by atoms with Crippen LogP contribution in [0.4, 0.5) is 8.78 Å². The maximum atomic E-state index is 13.3. The van der Waals surface area contributed by atoms with Crippen LogP contribution in [0.2, 0.25) is 0 Å². The quantitative estimate of drug-likeness (QED) is 0.742. The lowest BCUT2D eigenvalue weighted by molar-refractivity contribution is -0.127. The Hall–Kier alpha value is -2.89. The fourth-order valence-electron chi connectivity index (χ4n) is 2.95. The Bertz CT molecular complexity index is 830. The number of hydrogen-bond donors (Lipinski definition) is 0. The second kappa shape index (κ2) is 8.66. The number of methoxy groups -OCH3 is 1. The minimum Gasteiger partial charge on any atom is -0.497 e. The molecule has 1 aliphatic heterocycles. The first-order valence-electron chi connectivity index (χ1n) is 8.78. The fraction of sp³-hybridized carbons (Fsp3) is 0.286. The summed E-state index contributed by atoms with van der Waals surface area (Å²) >= 11 is 0. The average Bonchev–Trinajstić information content (AvgIpc) is 2.69. The first-order valence-corrected chi connectivity index (χ1v) is 8.78. The number of amides is 1. The van der Waals surface area contributed by atoms with Gasteiger partial charge in [-0.05, 0) is 35.9 Å². The summed E-state index contributed by atoms with van der Waals surface area (Å²) in [5.74, 6) is -0.853. The van der Waals surface area contributed by atoms with Crippen LogP contribution in [0.3, 0.4) is 0 Å². The molecule has 0 radical (unpaired) electrons. The zero-order chi connectivity index (χ0) is 19.2. The van der Waals surface area contributed by atoms with Gasteiger partial charge in [0, 0.05) is 38.1 Å². The number of carbonyl (C=O) groups excluding carboxylic acids is 1. The highest BCUT2D eigenvalue weighted by molar-refractivity contribution is 5.91. The number of carbonyl (C=O) groups is 1. The van der Waals surface area contributed by atoms with E-state index in [1.165, 1.54) is 6.07 Å². The lowest BCUT2D eigenvalue weighted by Crippen LogP contribution is -2.41. The lowest BCUT2D eigenvalue weighted by atomic mass is 10.1. The van der Waals surface area contributed by atoms with Crippen molar-refractivity contribution in [1.82, 2.24) is 4.90 Å². The highest BCUT2D eigenvalue weighted by Crippen LogP contribution is 2.21. The first kappa shape index (κ1) is 18.9. The van der Waals surface area contributed by atoms with Crippen LogP contribution in [0.15, 0.2) is 48.5 Å². The fourth-order valence-corrected chi connectivity index (χ4v) is 2.95. The summed E-state index contributed by atoms with van der Waals surface area (Å²) in [6.45, 7) is 1.10. The third-order valence-electron chi connectivity index (χ3n) is 4.46. The second-order valence-electron chi connectivity index (χ2n) is 6.33. The maximum absolute atomic E-state index is 13.3. The highest BCUT2D eigenvalue weighted by Gasteiger charge is 2.23. The summed E-state index contributed by atoms with van der Waals surface area (Å²) in [5, 5.41) is 0. The summed E-state index contributed by atoms with van der Waals surface area (Å²) < 4.78 is 37.1. The molecule has 6 heteroatoms. The first-order chi connectivity index (χ1) is 13.0. The predicted molar refractivity (Wildman–Crippen MR) is 98.6 cm³/mol. The van der Waals surface area contributed by atoms with Gasteiger partial charge in [0.25, 0.3) is 0 Å². The van der Waals surface area contributed by atoms with Crippen LogP contribution in [0.1, 0.15) is 18.4 Å². The van der Waals surface area contributed by atoms with Gasteiger partial charge in [-0.3, -0.25) is 4.79 Å². The number of ether oxygens (including phenoxy) is 2. The number of piperidine rings is 1. The van der Waals surface area contributed by atoms with Crippen LogP contribution in [0.25, 0.3) is 6.08 Å². The van der Waals surface area contributed by atoms with Gasteiger partial charge in [0.15, 0.2) is 11.6 Å². The molecule has 0 aromatic heterocycles. The van der Waals surface area contributed by atoms with Gasteiger partial charge < -0.3 is 14.4 Å². The molecule has 0 spiro atoms. The van der Waals surface area contributed by atoms with Crippen molar-refractivity contribution in [2.75, 3.05) is 20.2 Å². The third-order valence-corrected chi connectivity index (χ3v) is 4.46. The van der Waals surface area contributed by atoms with Gasteiger partial charge in [0.05, 0.1) is 7.11 Å². The molecular weight excluding hydrogens is 352 g/mol. The molecule has 2 aromatic carbocycles. The molecule has 0 atom stereocenters. The summed E-state index contributed by atoms with van der Waals surface area (Å²) in [7, 11) is 1.60. The molecule has 2 aromatic rings. The molecule has 3 rings (SSSR count). The molecule has 0 bridgehead atoms. The second-order valence-corrected chi connectivity index (χ2v) is 6.33. The van der Waals surface area contributed by atoms with Crippen LogP contribution in [-0.2, 0) is 4.79 Å². The van der Waals surface area contributed by atoms with E-state index < -0.39 is 11.6 Å². The Morgan fingerprint density at radius 1 is 1.07 bits per heavy atom. The summed E-state index contributed by atoms with van der Waals surface area (Å²) in [4.78, 5) is 14.1. The van der Waals surface area contributed by atoms with Gasteiger partial charge in [-0.25, -0.2) is 8.78 Å². The molecule has 27 heavy (non-hydrogen) atoms. The van der Waals surface area contributed by atoms with E-state index in [0.29, 0.717) is 31.7 Å². The number of nitrogens with zero attached hydrogens (tertiary/aromatic N) is 1. The summed E-state index contributed by atoms with van der Waals surface area (Å²) in [6, 6.07) is 11.0. The number of rotatable bonds is 5. The van der Waals surface area contributed by atoms with Gasteiger partial charge in [0.1, 0.15) is 17.6 Å². The van der Waals surface area contributed by atoms with Gasteiger partial charge in [-0.15, -0.1) is 0 Å². The Labute approximate surface area is 157 Å². The Balaban J connectivity index is 1.51. The molecule has 1 saturated heterocycles. The standard InChI is InChI=1S/C21H21F2NO3/c1-26-17-4-2-3-15(13-17)5-8-21(25)24-11-9-16(10-12-24)27-18-6-7-19(22)20(23)14-18/h2-8,13-14,16H,9-12H2,1H3/b8-5+. The SMILES string of the molecule is COc1cccc(/C=C/C(=O)N2CCC(Oc3ccc(F)c(F)c3)CC2)c1. The van der Waals surface area contributed by atoms with Gasteiger partial charge in [-0.2, -0.15) is 0 Å². The van der Waals surface area contributed by atoms with E-state index in [4.69, 9.17) is 9.47 Å². The zero-order valence-electron chi connectivity index (χ0n) is 15.0. The number of benzene rings is 2. The van der Waals surface area contributed by atoms with Gasteiger partial charge >= 0.3 is 0 Å². The molecule has 0 unspecified atom stereocenters. The van der Waals surface area contributed by atoms with Crippen molar-refractivity contribution in [3.8, 4) is 11.5 Å². The molecule has 1 amide bonds. The van der Waals surface area contributed by atoms with E-state index in [1.807, 2.05) is 24.3 Å². The highest BCUT2D eigenvalue weighted by atomic mass is 19.2. The number of hydrogen-bond acceptors (Lipinski definition) is 3. The van der Waals surface area contributed by atoms with Crippen molar-refractivity contribution in [1.29, 1.82) is 0 Å². The minimum atomic E-state index is -0.928. The monoisotopic (exact) mass is 373 g/mol. The van der Waals surface area contributed by atoms with E-state index in [9.17, 15) is 13.6 Å². The van der Waals surface area contributed by atoms with Crippen LogP contribution in [0.5, 0.6) is 11.5 Å². The Kier molecular flexibility index (Phi) is 6.06. The van der Waals surface area contributed by atoms with Gasteiger partial charge in [-0.1, -0.05) is 12.1 Å². The van der Waals surface area contributed by atoms with Crippen molar-refractivity contribution in [3.63, 3.8) is 0 Å². The van der Waals surface area contributed by atoms with Crippen LogP contribution >= 0.6 is 0 Å². The largest absolute Gasteiger partial charge is 0.497 e. The van der Waals surface area contributed by atoms with E-state index in [2.05, 4.69) is 0 Å². The van der Waals surface area contributed by atoms with Gasteiger partial charge in [0.2, 0.25) is 5.91 Å². The minimum absolute atomic E-state index is 0.0657. The molecule has 0 saturated carbocycles. The molecule has 0 N–H and O–H groups in total. The van der Waals surface area contributed by atoms with Crippen molar-refractivity contribution < 1.29 is 23.0 Å². The van der Waals surface area contributed by atoms with Crippen LogP contribution in [-0.4, -0.2) is 37.1 Å². The molecule has 4 nitrogen and oxygen atoms in total. The average molecular weight is 373 g/mol. The summed E-state index contributed by atoms with van der Waals surface area (Å²) in [6.07, 6.45) is 4.46. The van der Waals surface area contributed by atoms with Crippen molar-refractivity contribution in [2.24, 2.45) is 0 Å². The summed E-state index contributed by atoms with van der Waals surface area (Å²) in [5.41, 5.74) is 0.888. The number of likely N-dealkylation sites (tertiary alicyclic amines) is 1. The Morgan fingerprint density at radius 2 is 1.85 bits per heavy atom. The number of halogens is 2. The van der Waals surface area contributed by atoms with E-state index in [0.717, 1.165) is 23.4 Å². The maximum Gasteiger partial charge on any atom is 0.246 e. The van der Waals surface area contributed by atoms with E-state index in [-0.39, 0.29) is 12.0 Å². The zero-order valence-corrected chi connectivity index (χ0v) is 15.0. The van der Waals surface area contributed by atoms with Crippen molar-refractivity contribution in [3.05, 3.63) is 65.7 Å². The molecule has 0 aliphatic carbocycles. The third kappa shape index (κ3) is 5.06. The molecule has 1 fully saturated rings. The van der Waals surface area contributed by atoms with Crippen LogP contribution < -0.4 is 9.47 Å². The predicted octanol–water partition coefficient (Wildman–Crippen LogP) is 4.06. The molecule has 1 heterocycles. The topological polar surface area (TPSA) is 38.8 Å². The van der Waals surface area contributed by atoms with Crippen molar-refractivity contribution >= 4 is 12.0 Å².